The quantitative estimate of drug-likeness (QED) is 0.794. The van der Waals surface area contributed by atoms with E-state index in [1.165, 1.54) is 0 Å². The van der Waals surface area contributed by atoms with E-state index in [9.17, 15) is 14.7 Å². The van der Waals surface area contributed by atoms with Crippen molar-refractivity contribution in [2.45, 2.75) is 25.8 Å². The Hall–Kier alpha value is -2.24. The average Bonchev–Trinajstić information content (AvgIpc) is 2.47. The molecule has 0 aromatic heterocycles. The lowest BCUT2D eigenvalue weighted by Crippen LogP contribution is -2.46. The molecule has 1 aliphatic rings. The zero-order valence-electron chi connectivity index (χ0n) is 12.0. The maximum absolute atomic E-state index is 12.1. The number of aromatic hydroxyl groups is 1. The van der Waals surface area contributed by atoms with Crippen LogP contribution in [0, 0.1) is 5.92 Å². The Balaban J connectivity index is 1.89. The number of hydrogen-bond donors (Lipinski definition) is 3. The number of benzene rings is 1. The lowest BCUT2D eigenvalue weighted by molar-refractivity contribution is -0.143. The van der Waals surface area contributed by atoms with Gasteiger partial charge in [-0.05, 0) is 37.5 Å². The molecule has 21 heavy (non-hydrogen) atoms. The van der Waals surface area contributed by atoms with Gasteiger partial charge in [-0.15, -0.1) is 0 Å². The van der Waals surface area contributed by atoms with Crippen LogP contribution in [0.5, 0.6) is 5.75 Å². The number of urea groups is 1. The highest BCUT2D eigenvalue weighted by Crippen LogP contribution is 2.20. The van der Waals surface area contributed by atoms with Crippen molar-refractivity contribution < 1.29 is 19.8 Å². The van der Waals surface area contributed by atoms with Crippen LogP contribution in [-0.4, -0.2) is 40.2 Å². The van der Waals surface area contributed by atoms with Crippen LogP contribution in [-0.2, 0) is 4.79 Å². The molecule has 1 aliphatic heterocycles. The standard InChI is InChI=1S/C15H20N2O4/c1-10(12-3-2-4-13(18)9-12)16-15(21)17-7-5-11(6-8-17)14(19)20/h2-4,9-11,18H,5-8H2,1H3,(H,16,21)(H,19,20)/t10-/m0/s1. The molecule has 0 saturated carbocycles. The third-order valence-corrected chi connectivity index (χ3v) is 3.84. The number of hydrogen-bond acceptors (Lipinski definition) is 3. The van der Waals surface area contributed by atoms with Crippen LogP contribution in [0.25, 0.3) is 0 Å². The number of carboxylic acids is 1. The Labute approximate surface area is 123 Å². The van der Waals surface area contributed by atoms with Crippen molar-refractivity contribution in [3.05, 3.63) is 29.8 Å². The van der Waals surface area contributed by atoms with Crippen molar-refractivity contribution in [3.63, 3.8) is 0 Å². The minimum Gasteiger partial charge on any atom is -0.508 e. The molecule has 6 nitrogen and oxygen atoms in total. The van der Waals surface area contributed by atoms with Gasteiger partial charge in [0.25, 0.3) is 0 Å². The van der Waals surface area contributed by atoms with Crippen LogP contribution in [0.4, 0.5) is 4.79 Å². The molecular weight excluding hydrogens is 272 g/mol. The summed E-state index contributed by atoms with van der Waals surface area (Å²) in [5.74, 6) is -0.975. The molecule has 0 radical (unpaired) electrons. The Bertz CT molecular complexity index is 524. The van der Waals surface area contributed by atoms with Crippen LogP contribution in [0.3, 0.4) is 0 Å². The van der Waals surface area contributed by atoms with E-state index >= 15 is 0 Å². The van der Waals surface area contributed by atoms with Gasteiger partial charge in [0.1, 0.15) is 5.75 Å². The molecule has 0 spiro atoms. The summed E-state index contributed by atoms with van der Waals surface area (Å²) >= 11 is 0. The van der Waals surface area contributed by atoms with E-state index < -0.39 is 5.97 Å². The van der Waals surface area contributed by atoms with Crippen molar-refractivity contribution in [2.75, 3.05) is 13.1 Å². The summed E-state index contributed by atoms with van der Waals surface area (Å²) in [6.45, 7) is 2.75. The smallest absolute Gasteiger partial charge is 0.317 e. The number of aliphatic carboxylic acids is 1. The van der Waals surface area contributed by atoms with Crippen molar-refractivity contribution in [2.24, 2.45) is 5.92 Å². The maximum atomic E-state index is 12.1. The van der Waals surface area contributed by atoms with Gasteiger partial charge in [0.15, 0.2) is 0 Å². The Morgan fingerprint density at radius 2 is 2.00 bits per heavy atom. The molecule has 1 heterocycles. The second-order valence-corrected chi connectivity index (χ2v) is 5.37. The van der Waals surface area contributed by atoms with E-state index in [-0.39, 0.29) is 23.7 Å². The Kier molecular flexibility index (Phi) is 4.67. The summed E-state index contributed by atoms with van der Waals surface area (Å²) in [6.07, 6.45) is 0.979. The molecule has 1 saturated heterocycles. The molecule has 6 heteroatoms. The van der Waals surface area contributed by atoms with Gasteiger partial charge >= 0.3 is 12.0 Å². The first-order valence-corrected chi connectivity index (χ1v) is 7.04. The topological polar surface area (TPSA) is 89.9 Å². The number of piperidine rings is 1. The molecule has 1 aromatic carbocycles. The highest BCUT2D eigenvalue weighted by atomic mass is 16.4. The van der Waals surface area contributed by atoms with Gasteiger partial charge in [-0.2, -0.15) is 0 Å². The second-order valence-electron chi connectivity index (χ2n) is 5.37. The number of likely N-dealkylation sites (tertiary alicyclic amines) is 1. The largest absolute Gasteiger partial charge is 0.508 e. The molecule has 1 aromatic rings. The first kappa shape index (κ1) is 15.2. The third kappa shape index (κ3) is 3.87. The van der Waals surface area contributed by atoms with Crippen molar-refractivity contribution >= 4 is 12.0 Å². The van der Waals surface area contributed by atoms with E-state index in [0.29, 0.717) is 25.9 Å². The lowest BCUT2D eigenvalue weighted by Gasteiger charge is -2.31. The molecule has 2 amide bonds. The fraction of sp³-hybridized carbons (Fsp3) is 0.467. The minimum absolute atomic E-state index is 0.163. The van der Waals surface area contributed by atoms with Gasteiger partial charge in [0, 0.05) is 13.1 Å². The molecule has 0 aliphatic carbocycles. The molecule has 2 rings (SSSR count). The van der Waals surface area contributed by atoms with Gasteiger partial charge in [-0.25, -0.2) is 4.79 Å². The summed E-state index contributed by atoms with van der Waals surface area (Å²) in [5.41, 5.74) is 0.823. The summed E-state index contributed by atoms with van der Waals surface area (Å²) in [6, 6.07) is 6.33. The number of carbonyl (C=O) groups excluding carboxylic acids is 1. The summed E-state index contributed by atoms with van der Waals surface area (Å²) in [7, 11) is 0. The van der Waals surface area contributed by atoms with E-state index in [0.717, 1.165) is 5.56 Å². The number of phenols is 1. The van der Waals surface area contributed by atoms with Crippen molar-refractivity contribution in [1.82, 2.24) is 10.2 Å². The van der Waals surface area contributed by atoms with Gasteiger partial charge in [-0.3, -0.25) is 4.79 Å². The molecular formula is C15H20N2O4. The number of carboxylic acid groups (broad SMARTS) is 1. The fourth-order valence-corrected chi connectivity index (χ4v) is 2.48. The molecule has 3 N–H and O–H groups in total. The summed E-state index contributed by atoms with van der Waals surface area (Å²) in [5, 5.41) is 21.3. The highest BCUT2D eigenvalue weighted by Gasteiger charge is 2.27. The van der Waals surface area contributed by atoms with E-state index in [4.69, 9.17) is 5.11 Å². The van der Waals surface area contributed by atoms with Crippen LogP contribution < -0.4 is 5.32 Å². The number of amides is 2. The Morgan fingerprint density at radius 1 is 1.33 bits per heavy atom. The van der Waals surface area contributed by atoms with Gasteiger partial charge in [0.05, 0.1) is 12.0 Å². The third-order valence-electron chi connectivity index (χ3n) is 3.84. The first-order chi connectivity index (χ1) is 9.97. The van der Waals surface area contributed by atoms with E-state index in [2.05, 4.69) is 5.32 Å². The number of nitrogens with zero attached hydrogens (tertiary/aromatic N) is 1. The number of carbonyl (C=O) groups is 2. The average molecular weight is 292 g/mol. The zero-order valence-corrected chi connectivity index (χ0v) is 12.0. The predicted molar refractivity (Wildman–Crippen MR) is 77.0 cm³/mol. The lowest BCUT2D eigenvalue weighted by atomic mass is 9.97. The molecule has 0 unspecified atom stereocenters. The van der Waals surface area contributed by atoms with Crippen LogP contribution >= 0.6 is 0 Å². The molecule has 1 fully saturated rings. The monoisotopic (exact) mass is 292 g/mol. The minimum atomic E-state index is -0.789. The maximum Gasteiger partial charge on any atom is 0.317 e. The zero-order chi connectivity index (χ0) is 15.4. The number of phenolic OH excluding ortho intramolecular Hbond substituents is 1. The summed E-state index contributed by atoms with van der Waals surface area (Å²) in [4.78, 5) is 24.7. The Morgan fingerprint density at radius 3 is 2.57 bits per heavy atom. The van der Waals surface area contributed by atoms with Gasteiger partial charge in [0.2, 0.25) is 0 Å². The highest BCUT2D eigenvalue weighted by molar-refractivity contribution is 5.75. The van der Waals surface area contributed by atoms with Crippen LogP contribution in [0.1, 0.15) is 31.4 Å². The number of nitrogens with one attached hydrogen (secondary N) is 1. The number of rotatable bonds is 3. The SMILES string of the molecule is C[C@H](NC(=O)N1CCC(C(=O)O)CC1)c1cccc(O)c1. The molecule has 114 valence electrons. The predicted octanol–water partition coefficient (Wildman–Crippen LogP) is 1.96. The van der Waals surface area contributed by atoms with Crippen LogP contribution in [0.2, 0.25) is 0 Å². The first-order valence-electron chi connectivity index (χ1n) is 7.04. The fourth-order valence-electron chi connectivity index (χ4n) is 2.48. The molecule has 1 atom stereocenters. The van der Waals surface area contributed by atoms with E-state index in [1.807, 2.05) is 13.0 Å². The van der Waals surface area contributed by atoms with E-state index in [1.54, 1.807) is 23.1 Å². The van der Waals surface area contributed by atoms with Crippen molar-refractivity contribution in [3.8, 4) is 5.75 Å². The van der Waals surface area contributed by atoms with Crippen LogP contribution in [0.15, 0.2) is 24.3 Å². The summed E-state index contributed by atoms with van der Waals surface area (Å²) < 4.78 is 0. The second kappa shape index (κ2) is 6.47. The molecule has 0 bridgehead atoms. The van der Waals surface area contributed by atoms with Gasteiger partial charge < -0.3 is 20.4 Å². The normalized spacial score (nSPS) is 17.3. The van der Waals surface area contributed by atoms with Gasteiger partial charge in [-0.1, -0.05) is 12.1 Å². The van der Waals surface area contributed by atoms with Crippen molar-refractivity contribution in [1.29, 1.82) is 0 Å².